The van der Waals surface area contributed by atoms with Gasteiger partial charge in [-0.1, -0.05) is 0 Å². The van der Waals surface area contributed by atoms with Crippen molar-refractivity contribution in [3.63, 3.8) is 0 Å². The minimum Gasteiger partial charge on any atom is -0.493 e. The third kappa shape index (κ3) is 5.53. The van der Waals surface area contributed by atoms with Gasteiger partial charge in [0, 0.05) is 44.5 Å². The van der Waals surface area contributed by atoms with E-state index in [0.717, 1.165) is 48.2 Å². The Labute approximate surface area is 157 Å². The lowest BCUT2D eigenvalue weighted by molar-refractivity contribution is 0.257. The number of ether oxygens (including phenoxy) is 2. The molecule has 26 heavy (non-hydrogen) atoms. The SMILES string of the molecule is CCOc1ccc(NC(=NC)NCCN(CC2CC2)C2CC2)cc1OC. The van der Waals surface area contributed by atoms with Crippen LogP contribution < -0.4 is 20.1 Å². The Kier molecular flexibility index (Phi) is 6.61. The van der Waals surface area contributed by atoms with Crippen LogP contribution in [0.3, 0.4) is 0 Å². The fourth-order valence-corrected chi connectivity index (χ4v) is 3.15. The van der Waals surface area contributed by atoms with E-state index in [1.54, 1.807) is 14.2 Å². The summed E-state index contributed by atoms with van der Waals surface area (Å²) in [6.45, 7) is 5.83. The molecule has 2 aliphatic rings. The Morgan fingerprint density at radius 2 is 2.04 bits per heavy atom. The highest BCUT2D eigenvalue weighted by Crippen LogP contribution is 2.34. The van der Waals surface area contributed by atoms with E-state index in [-0.39, 0.29) is 0 Å². The van der Waals surface area contributed by atoms with Crippen LogP contribution in [0.25, 0.3) is 0 Å². The average Bonchev–Trinajstić information content (AvgIpc) is 3.55. The first-order valence-corrected chi connectivity index (χ1v) is 9.76. The van der Waals surface area contributed by atoms with Crippen LogP contribution >= 0.6 is 0 Å². The van der Waals surface area contributed by atoms with Gasteiger partial charge in [-0.25, -0.2) is 0 Å². The molecular weight excluding hydrogens is 328 g/mol. The summed E-state index contributed by atoms with van der Waals surface area (Å²) in [5, 5.41) is 6.76. The molecule has 2 saturated carbocycles. The third-order valence-corrected chi connectivity index (χ3v) is 4.89. The van der Waals surface area contributed by atoms with Crippen LogP contribution in [0, 0.1) is 5.92 Å². The lowest BCUT2D eigenvalue weighted by Gasteiger charge is -2.22. The van der Waals surface area contributed by atoms with E-state index in [4.69, 9.17) is 9.47 Å². The van der Waals surface area contributed by atoms with Gasteiger partial charge in [0.2, 0.25) is 0 Å². The summed E-state index contributed by atoms with van der Waals surface area (Å²) in [6.07, 6.45) is 5.57. The molecule has 0 saturated heterocycles. The van der Waals surface area contributed by atoms with Gasteiger partial charge in [-0.3, -0.25) is 9.89 Å². The Bertz CT molecular complexity index is 612. The first kappa shape index (κ1) is 18.8. The van der Waals surface area contributed by atoms with Gasteiger partial charge in [0.1, 0.15) is 0 Å². The summed E-state index contributed by atoms with van der Waals surface area (Å²) in [4.78, 5) is 6.98. The molecule has 0 spiro atoms. The van der Waals surface area contributed by atoms with Crippen LogP contribution in [0.2, 0.25) is 0 Å². The number of aliphatic imine (C=N–C) groups is 1. The molecule has 3 rings (SSSR count). The average molecular weight is 361 g/mol. The second-order valence-electron chi connectivity index (χ2n) is 7.09. The van der Waals surface area contributed by atoms with Crippen molar-refractivity contribution >= 4 is 11.6 Å². The number of hydrogen-bond acceptors (Lipinski definition) is 4. The molecule has 1 aromatic rings. The van der Waals surface area contributed by atoms with Crippen molar-refractivity contribution in [1.82, 2.24) is 10.2 Å². The zero-order valence-electron chi connectivity index (χ0n) is 16.3. The van der Waals surface area contributed by atoms with Crippen LogP contribution in [-0.2, 0) is 0 Å². The van der Waals surface area contributed by atoms with Crippen molar-refractivity contribution in [2.24, 2.45) is 10.9 Å². The molecule has 0 bridgehead atoms. The van der Waals surface area contributed by atoms with Gasteiger partial charge in [0.25, 0.3) is 0 Å². The third-order valence-electron chi connectivity index (χ3n) is 4.89. The number of hydrogen-bond donors (Lipinski definition) is 2. The summed E-state index contributed by atoms with van der Waals surface area (Å²) in [6, 6.07) is 6.65. The van der Waals surface area contributed by atoms with Gasteiger partial charge in [0.15, 0.2) is 17.5 Å². The number of rotatable bonds is 10. The van der Waals surface area contributed by atoms with Crippen LogP contribution in [0.5, 0.6) is 11.5 Å². The summed E-state index contributed by atoms with van der Waals surface area (Å²) >= 11 is 0. The maximum absolute atomic E-state index is 5.57. The van der Waals surface area contributed by atoms with E-state index in [1.807, 2.05) is 25.1 Å². The van der Waals surface area contributed by atoms with Crippen molar-refractivity contribution < 1.29 is 9.47 Å². The van der Waals surface area contributed by atoms with Crippen molar-refractivity contribution in [3.05, 3.63) is 18.2 Å². The van der Waals surface area contributed by atoms with Crippen molar-refractivity contribution in [3.8, 4) is 11.5 Å². The number of methoxy groups -OCH3 is 1. The summed E-state index contributed by atoms with van der Waals surface area (Å²) in [5.41, 5.74) is 0.926. The molecule has 0 unspecified atom stereocenters. The van der Waals surface area contributed by atoms with Crippen molar-refractivity contribution in [2.75, 3.05) is 45.7 Å². The van der Waals surface area contributed by atoms with Crippen molar-refractivity contribution in [2.45, 2.75) is 38.6 Å². The molecule has 2 fully saturated rings. The van der Waals surface area contributed by atoms with Gasteiger partial charge in [-0.05, 0) is 50.7 Å². The number of nitrogens with zero attached hydrogens (tertiary/aromatic N) is 2. The molecular formula is C20H32N4O2. The second kappa shape index (κ2) is 9.12. The van der Waals surface area contributed by atoms with E-state index in [2.05, 4.69) is 20.5 Å². The lowest BCUT2D eigenvalue weighted by Crippen LogP contribution is -2.39. The maximum atomic E-state index is 5.57. The van der Waals surface area contributed by atoms with Gasteiger partial charge in [0.05, 0.1) is 13.7 Å². The van der Waals surface area contributed by atoms with Gasteiger partial charge >= 0.3 is 0 Å². The minimum atomic E-state index is 0.616. The fourth-order valence-electron chi connectivity index (χ4n) is 3.15. The van der Waals surface area contributed by atoms with E-state index in [0.29, 0.717) is 6.61 Å². The molecule has 2 N–H and O–H groups in total. The van der Waals surface area contributed by atoms with Crippen LogP contribution in [0.4, 0.5) is 5.69 Å². The summed E-state index contributed by atoms with van der Waals surface area (Å²) in [7, 11) is 3.45. The number of benzene rings is 1. The van der Waals surface area contributed by atoms with E-state index in [9.17, 15) is 0 Å². The highest BCUT2D eigenvalue weighted by Gasteiger charge is 2.33. The Morgan fingerprint density at radius 3 is 2.65 bits per heavy atom. The van der Waals surface area contributed by atoms with Crippen LogP contribution in [-0.4, -0.2) is 57.3 Å². The van der Waals surface area contributed by atoms with Gasteiger partial charge < -0.3 is 20.1 Å². The zero-order chi connectivity index (χ0) is 18.4. The van der Waals surface area contributed by atoms with Gasteiger partial charge in [-0.15, -0.1) is 0 Å². The molecule has 0 amide bonds. The summed E-state index contributed by atoms with van der Waals surface area (Å²) < 4.78 is 11.0. The second-order valence-corrected chi connectivity index (χ2v) is 7.09. The number of guanidine groups is 1. The highest BCUT2D eigenvalue weighted by atomic mass is 16.5. The summed E-state index contributed by atoms with van der Waals surface area (Å²) in [5.74, 6) is 3.20. The lowest BCUT2D eigenvalue weighted by atomic mass is 10.2. The zero-order valence-corrected chi connectivity index (χ0v) is 16.3. The molecule has 0 radical (unpaired) electrons. The van der Waals surface area contributed by atoms with Crippen LogP contribution in [0.1, 0.15) is 32.6 Å². The Balaban J connectivity index is 1.49. The largest absolute Gasteiger partial charge is 0.493 e. The maximum Gasteiger partial charge on any atom is 0.195 e. The fraction of sp³-hybridized carbons (Fsp3) is 0.650. The monoisotopic (exact) mass is 360 g/mol. The molecule has 6 nitrogen and oxygen atoms in total. The smallest absolute Gasteiger partial charge is 0.195 e. The normalized spacial score (nSPS) is 17.3. The standard InChI is InChI=1S/C20H32N4O2/c1-4-26-18-10-7-16(13-19(18)25-3)23-20(21-2)22-11-12-24(17-8-9-17)14-15-5-6-15/h7,10,13,15,17H,4-6,8-9,11-12,14H2,1-3H3,(H2,21,22,23). The molecule has 144 valence electrons. The Hall–Kier alpha value is -1.95. The first-order chi connectivity index (χ1) is 12.7. The first-order valence-electron chi connectivity index (χ1n) is 9.76. The number of anilines is 1. The Morgan fingerprint density at radius 1 is 1.23 bits per heavy atom. The quantitative estimate of drug-likeness (QED) is 0.496. The molecule has 2 aliphatic carbocycles. The molecule has 6 heteroatoms. The van der Waals surface area contributed by atoms with E-state index < -0.39 is 0 Å². The molecule has 1 aromatic carbocycles. The molecule has 0 heterocycles. The number of nitrogens with one attached hydrogen (secondary N) is 2. The topological polar surface area (TPSA) is 58.1 Å². The predicted octanol–water partition coefficient (Wildman–Crippen LogP) is 2.96. The van der Waals surface area contributed by atoms with Gasteiger partial charge in [-0.2, -0.15) is 0 Å². The van der Waals surface area contributed by atoms with Crippen molar-refractivity contribution in [1.29, 1.82) is 0 Å². The molecule has 0 aliphatic heterocycles. The van der Waals surface area contributed by atoms with Crippen LogP contribution in [0.15, 0.2) is 23.2 Å². The minimum absolute atomic E-state index is 0.616. The van der Waals surface area contributed by atoms with E-state index >= 15 is 0 Å². The molecule has 0 atom stereocenters. The highest BCUT2D eigenvalue weighted by molar-refractivity contribution is 5.93. The molecule has 0 aromatic heterocycles. The predicted molar refractivity (Wildman–Crippen MR) is 106 cm³/mol. The van der Waals surface area contributed by atoms with E-state index in [1.165, 1.54) is 32.2 Å².